The molecule has 1 N–H and O–H groups in total. The lowest BCUT2D eigenvalue weighted by Crippen LogP contribution is -2.33. The molecule has 112 valence electrons. The summed E-state index contributed by atoms with van der Waals surface area (Å²) >= 11 is 5.90. The van der Waals surface area contributed by atoms with Crippen LogP contribution in [0.5, 0.6) is 5.75 Å². The van der Waals surface area contributed by atoms with Crippen molar-refractivity contribution in [1.29, 1.82) is 0 Å². The summed E-state index contributed by atoms with van der Waals surface area (Å²) in [4.78, 5) is 0.0681. The van der Waals surface area contributed by atoms with Gasteiger partial charge in [-0.05, 0) is 31.2 Å². The Hall–Kier alpha value is -1.56. The molecule has 2 aromatic rings. The molecule has 0 saturated carbocycles. The maximum Gasteiger partial charge on any atom is 0.242 e. The standard InChI is InChI=1S/C15H16ClNO3S/c1-12(20-13-7-3-2-4-8-13)11-17-21(18,19)15-10-6-5-9-14(15)16/h2-10,12,17H,11H2,1H3. The second kappa shape index (κ2) is 6.93. The smallest absolute Gasteiger partial charge is 0.242 e. The summed E-state index contributed by atoms with van der Waals surface area (Å²) in [6.07, 6.45) is -0.301. The zero-order valence-corrected chi connectivity index (χ0v) is 13.1. The molecule has 0 amide bonds. The average molecular weight is 326 g/mol. The highest BCUT2D eigenvalue weighted by molar-refractivity contribution is 7.89. The highest BCUT2D eigenvalue weighted by Crippen LogP contribution is 2.20. The fourth-order valence-electron chi connectivity index (χ4n) is 1.74. The van der Waals surface area contributed by atoms with Gasteiger partial charge in [-0.25, -0.2) is 13.1 Å². The molecule has 21 heavy (non-hydrogen) atoms. The van der Waals surface area contributed by atoms with Crippen LogP contribution in [0.15, 0.2) is 59.5 Å². The van der Waals surface area contributed by atoms with Crippen LogP contribution in [-0.2, 0) is 10.0 Å². The number of benzene rings is 2. The Bertz CT molecular complexity index is 689. The third kappa shape index (κ3) is 4.46. The maximum atomic E-state index is 12.2. The van der Waals surface area contributed by atoms with Gasteiger partial charge in [0.15, 0.2) is 0 Å². The number of hydrogen-bond acceptors (Lipinski definition) is 3. The molecule has 0 bridgehead atoms. The van der Waals surface area contributed by atoms with Gasteiger partial charge in [0, 0.05) is 6.54 Å². The molecule has 0 aromatic heterocycles. The molecule has 1 atom stereocenters. The van der Waals surface area contributed by atoms with Crippen LogP contribution in [0.25, 0.3) is 0 Å². The van der Waals surface area contributed by atoms with Gasteiger partial charge in [0.2, 0.25) is 10.0 Å². The summed E-state index contributed by atoms with van der Waals surface area (Å²) in [7, 11) is -3.64. The highest BCUT2D eigenvalue weighted by Gasteiger charge is 2.18. The van der Waals surface area contributed by atoms with Crippen LogP contribution in [0.1, 0.15) is 6.92 Å². The lowest BCUT2D eigenvalue weighted by atomic mass is 10.3. The Kier molecular flexibility index (Phi) is 5.22. The Morgan fingerprint density at radius 2 is 1.71 bits per heavy atom. The molecule has 0 radical (unpaired) electrons. The van der Waals surface area contributed by atoms with Crippen molar-refractivity contribution in [3.63, 3.8) is 0 Å². The van der Waals surface area contributed by atoms with Crippen LogP contribution >= 0.6 is 11.6 Å². The van der Waals surface area contributed by atoms with Gasteiger partial charge in [-0.15, -0.1) is 0 Å². The van der Waals surface area contributed by atoms with E-state index >= 15 is 0 Å². The van der Waals surface area contributed by atoms with Gasteiger partial charge in [-0.1, -0.05) is 41.9 Å². The van der Waals surface area contributed by atoms with E-state index in [-0.39, 0.29) is 22.6 Å². The molecule has 2 aromatic carbocycles. The molecule has 2 rings (SSSR count). The van der Waals surface area contributed by atoms with Crippen molar-refractivity contribution in [2.75, 3.05) is 6.54 Å². The first-order valence-electron chi connectivity index (χ1n) is 6.45. The second-order valence-electron chi connectivity index (χ2n) is 4.52. The minimum Gasteiger partial charge on any atom is -0.489 e. The van der Waals surface area contributed by atoms with E-state index in [4.69, 9.17) is 16.3 Å². The predicted molar refractivity (Wildman–Crippen MR) is 83.2 cm³/mol. The van der Waals surface area contributed by atoms with Crippen molar-refractivity contribution < 1.29 is 13.2 Å². The van der Waals surface area contributed by atoms with Crippen LogP contribution in [0, 0.1) is 0 Å². The fraction of sp³-hybridized carbons (Fsp3) is 0.200. The zero-order chi connectivity index (χ0) is 15.3. The van der Waals surface area contributed by atoms with Crippen LogP contribution in [0.3, 0.4) is 0 Å². The minimum absolute atomic E-state index is 0.0681. The van der Waals surface area contributed by atoms with E-state index in [1.54, 1.807) is 25.1 Å². The summed E-state index contributed by atoms with van der Waals surface area (Å²) < 4.78 is 32.4. The molecular formula is C15H16ClNO3S. The predicted octanol–water partition coefficient (Wildman–Crippen LogP) is 3.09. The van der Waals surface area contributed by atoms with Crippen molar-refractivity contribution >= 4 is 21.6 Å². The average Bonchev–Trinajstić information content (AvgIpc) is 2.47. The highest BCUT2D eigenvalue weighted by atomic mass is 35.5. The summed E-state index contributed by atoms with van der Waals surface area (Å²) in [5, 5.41) is 0.196. The normalized spacial score (nSPS) is 12.9. The Morgan fingerprint density at radius 3 is 2.38 bits per heavy atom. The number of ether oxygens (including phenoxy) is 1. The van der Waals surface area contributed by atoms with E-state index in [1.807, 2.05) is 30.3 Å². The summed E-state index contributed by atoms with van der Waals surface area (Å²) in [6, 6.07) is 15.6. The lowest BCUT2D eigenvalue weighted by molar-refractivity contribution is 0.225. The van der Waals surface area contributed by atoms with Crippen molar-refractivity contribution in [3.05, 3.63) is 59.6 Å². The number of halogens is 1. The topological polar surface area (TPSA) is 55.4 Å². The molecule has 0 fully saturated rings. The lowest BCUT2D eigenvalue weighted by Gasteiger charge is -2.16. The van der Waals surface area contributed by atoms with Crippen LogP contribution < -0.4 is 9.46 Å². The van der Waals surface area contributed by atoms with Gasteiger partial charge in [0.05, 0.1) is 5.02 Å². The van der Waals surface area contributed by atoms with Gasteiger partial charge in [0.1, 0.15) is 16.7 Å². The first kappa shape index (κ1) is 15.8. The number of nitrogens with one attached hydrogen (secondary N) is 1. The van der Waals surface area contributed by atoms with Gasteiger partial charge < -0.3 is 4.74 Å². The van der Waals surface area contributed by atoms with Crippen LogP contribution in [-0.4, -0.2) is 21.1 Å². The van der Waals surface area contributed by atoms with E-state index in [9.17, 15) is 8.42 Å². The van der Waals surface area contributed by atoms with Crippen molar-refractivity contribution in [1.82, 2.24) is 4.72 Å². The van der Waals surface area contributed by atoms with Crippen molar-refractivity contribution in [3.8, 4) is 5.75 Å². The van der Waals surface area contributed by atoms with Gasteiger partial charge >= 0.3 is 0 Å². The van der Waals surface area contributed by atoms with Crippen molar-refractivity contribution in [2.45, 2.75) is 17.9 Å². The SMILES string of the molecule is CC(CNS(=O)(=O)c1ccccc1Cl)Oc1ccccc1. The summed E-state index contributed by atoms with van der Waals surface area (Å²) in [5.41, 5.74) is 0. The third-order valence-electron chi connectivity index (χ3n) is 2.77. The number of rotatable bonds is 6. The van der Waals surface area contributed by atoms with Gasteiger partial charge in [0.25, 0.3) is 0 Å². The number of sulfonamides is 1. The molecule has 0 spiro atoms. The van der Waals surface area contributed by atoms with E-state index < -0.39 is 10.0 Å². The monoisotopic (exact) mass is 325 g/mol. The molecular weight excluding hydrogens is 310 g/mol. The molecule has 0 aliphatic carbocycles. The number of hydrogen-bond donors (Lipinski definition) is 1. The molecule has 0 heterocycles. The van der Waals surface area contributed by atoms with Crippen molar-refractivity contribution in [2.24, 2.45) is 0 Å². The fourth-order valence-corrected chi connectivity index (χ4v) is 3.37. The van der Waals surface area contributed by atoms with Crippen LogP contribution in [0.4, 0.5) is 0 Å². The molecule has 0 aliphatic heterocycles. The molecule has 6 heteroatoms. The molecule has 4 nitrogen and oxygen atoms in total. The molecule has 1 unspecified atom stereocenters. The first-order chi connectivity index (χ1) is 9.99. The van der Waals surface area contributed by atoms with E-state index in [1.165, 1.54) is 6.07 Å². The summed E-state index contributed by atoms with van der Waals surface area (Å²) in [5.74, 6) is 0.696. The minimum atomic E-state index is -3.64. The summed E-state index contributed by atoms with van der Waals surface area (Å²) in [6.45, 7) is 1.95. The van der Waals surface area contributed by atoms with E-state index in [0.717, 1.165) is 0 Å². The Morgan fingerprint density at radius 1 is 1.10 bits per heavy atom. The molecule has 0 aliphatic rings. The maximum absolute atomic E-state index is 12.2. The Labute approximate surface area is 129 Å². The quantitative estimate of drug-likeness (QED) is 0.888. The van der Waals surface area contributed by atoms with Gasteiger partial charge in [-0.2, -0.15) is 0 Å². The molecule has 0 saturated heterocycles. The van der Waals surface area contributed by atoms with Crippen LogP contribution in [0.2, 0.25) is 5.02 Å². The third-order valence-corrected chi connectivity index (χ3v) is 4.69. The van der Waals surface area contributed by atoms with Gasteiger partial charge in [-0.3, -0.25) is 0 Å². The first-order valence-corrected chi connectivity index (χ1v) is 8.31. The second-order valence-corrected chi connectivity index (χ2v) is 6.67. The number of para-hydroxylation sites is 1. The zero-order valence-electron chi connectivity index (χ0n) is 11.5. The van der Waals surface area contributed by atoms with E-state index in [0.29, 0.717) is 5.75 Å². The Balaban J connectivity index is 1.97. The largest absolute Gasteiger partial charge is 0.489 e. The van der Waals surface area contributed by atoms with E-state index in [2.05, 4.69) is 4.72 Å².